The number of rotatable bonds is 6. The predicted octanol–water partition coefficient (Wildman–Crippen LogP) is 2.96. The second kappa shape index (κ2) is 6.29. The van der Waals surface area contributed by atoms with Crippen LogP contribution in [0.1, 0.15) is 11.3 Å². The maximum Gasteiger partial charge on any atom is 0.141 e. The molecule has 1 aromatic carbocycles. The molecule has 0 aliphatic carbocycles. The Kier molecular flexibility index (Phi) is 4.47. The number of methoxy groups -OCH3 is 1. The van der Waals surface area contributed by atoms with Crippen molar-refractivity contribution >= 4 is 5.69 Å². The summed E-state index contributed by atoms with van der Waals surface area (Å²) in [6, 6.07) is 10.0. The van der Waals surface area contributed by atoms with E-state index in [-0.39, 0.29) is 0 Å². The maximum atomic E-state index is 5.37. The average molecular weight is 260 g/mol. The van der Waals surface area contributed by atoms with Crippen LogP contribution in [0.15, 0.2) is 41.0 Å². The zero-order valence-corrected chi connectivity index (χ0v) is 11.6. The maximum absolute atomic E-state index is 5.37. The molecule has 0 spiro atoms. The molecule has 1 N–H and O–H groups in total. The molecular formula is C15H20N2O2. The van der Waals surface area contributed by atoms with E-state index in [0.717, 1.165) is 23.7 Å². The molecule has 2 rings (SSSR count). The number of hydrogen-bond acceptors (Lipinski definition) is 4. The number of ether oxygens (including phenoxy) is 1. The highest BCUT2D eigenvalue weighted by Gasteiger charge is 2.06. The van der Waals surface area contributed by atoms with Gasteiger partial charge in [0.15, 0.2) is 0 Å². The summed E-state index contributed by atoms with van der Waals surface area (Å²) in [7, 11) is 5.79. The number of hydrogen-bond donors (Lipinski definition) is 1. The van der Waals surface area contributed by atoms with Crippen molar-refractivity contribution in [2.75, 3.05) is 26.5 Å². The van der Waals surface area contributed by atoms with E-state index in [4.69, 9.17) is 9.15 Å². The van der Waals surface area contributed by atoms with Crippen LogP contribution in [-0.4, -0.2) is 26.1 Å². The standard InChI is InChI=1S/C15H20N2O2/c1-17(2)11-12-6-7-15(18-3)14(9-12)16-10-13-5-4-8-19-13/h4-9,16H,10-11H2,1-3H3. The smallest absolute Gasteiger partial charge is 0.141 e. The van der Waals surface area contributed by atoms with Gasteiger partial charge in [0.05, 0.1) is 25.6 Å². The average Bonchev–Trinajstić information content (AvgIpc) is 2.89. The molecule has 0 amide bonds. The molecule has 0 aliphatic heterocycles. The van der Waals surface area contributed by atoms with Crippen LogP contribution in [0.5, 0.6) is 5.75 Å². The Hall–Kier alpha value is -1.94. The number of nitrogens with one attached hydrogen (secondary N) is 1. The molecule has 1 aromatic heterocycles. The van der Waals surface area contributed by atoms with Gasteiger partial charge in [-0.15, -0.1) is 0 Å². The minimum Gasteiger partial charge on any atom is -0.495 e. The lowest BCUT2D eigenvalue weighted by Crippen LogP contribution is -2.11. The Morgan fingerprint density at radius 3 is 2.74 bits per heavy atom. The Bertz CT molecular complexity index is 507. The summed E-state index contributed by atoms with van der Waals surface area (Å²) in [5.41, 5.74) is 2.23. The molecule has 0 radical (unpaired) electrons. The Labute approximate surface area is 114 Å². The zero-order valence-electron chi connectivity index (χ0n) is 11.6. The second-order valence-corrected chi connectivity index (χ2v) is 4.71. The summed E-state index contributed by atoms with van der Waals surface area (Å²) in [6.45, 7) is 1.55. The molecule has 4 nitrogen and oxygen atoms in total. The molecule has 0 saturated carbocycles. The van der Waals surface area contributed by atoms with Crippen LogP contribution in [0.4, 0.5) is 5.69 Å². The molecule has 1 heterocycles. The van der Waals surface area contributed by atoms with Crippen LogP contribution in [0.25, 0.3) is 0 Å². The van der Waals surface area contributed by atoms with E-state index >= 15 is 0 Å². The van der Waals surface area contributed by atoms with Gasteiger partial charge >= 0.3 is 0 Å². The SMILES string of the molecule is COc1ccc(CN(C)C)cc1NCc1ccco1. The first-order valence-electron chi connectivity index (χ1n) is 6.27. The Balaban J connectivity index is 2.11. The van der Waals surface area contributed by atoms with Gasteiger partial charge in [-0.25, -0.2) is 0 Å². The van der Waals surface area contributed by atoms with Gasteiger partial charge in [-0.3, -0.25) is 0 Å². The quantitative estimate of drug-likeness (QED) is 0.866. The fourth-order valence-corrected chi connectivity index (χ4v) is 1.95. The van der Waals surface area contributed by atoms with Gasteiger partial charge in [0.2, 0.25) is 0 Å². The number of benzene rings is 1. The van der Waals surface area contributed by atoms with E-state index in [1.165, 1.54) is 5.56 Å². The van der Waals surface area contributed by atoms with Crippen molar-refractivity contribution in [1.82, 2.24) is 4.90 Å². The zero-order chi connectivity index (χ0) is 13.7. The molecule has 0 atom stereocenters. The highest BCUT2D eigenvalue weighted by molar-refractivity contribution is 5.58. The van der Waals surface area contributed by atoms with Gasteiger partial charge in [0, 0.05) is 6.54 Å². The highest BCUT2D eigenvalue weighted by Crippen LogP contribution is 2.26. The predicted molar refractivity (Wildman–Crippen MR) is 76.4 cm³/mol. The Morgan fingerprint density at radius 2 is 2.11 bits per heavy atom. The lowest BCUT2D eigenvalue weighted by Gasteiger charge is -2.14. The summed E-state index contributed by atoms with van der Waals surface area (Å²) in [4.78, 5) is 2.14. The minimum atomic E-state index is 0.648. The first kappa shape index (κ1) is 13.5. The van der Waals surface area contributed by atoms with Crippen LogP contribution >= 0.6 is 0 Å². The molecule has 4 heteroatoms. The van der Waals surface area contributed by atoms with E-state index in [1.54, 1.807) is 13.4 Å². The summed E-state index contributed by atoms with van der Waals surface area (Å²) in [5, 5.41) is 3.34. The third-order valence-corrected chi connectivity index (χ3v) is 2.80. The van der Waals surface area contributed by atoms with E-state index < -0.39 is 0 Å². The molecule has 0 saturated heterocycles. The van der Waals surface area contributed by atoms with Crippen molar-refractivity contribution in [2.45, 2.75) is 13.1 Å². The molecule has 0 unspecified atom stereocenters. The van der Waals surface area contributed by atoms with Crippen LogP contribution in [-0.2, 0) is 13.1 Å². The summed E-state index contributed by atoms with van der Waals surface area (Å²) in [5.74, 6) is 1.74. The lowest BCUT2D eigenvalue weighted by atomic mass is 10.1. The largest absolute Gasteiger partial charge is 0.495 e. The van der Waals surface area contributed by atoms with E-state index in [0.29, 0.717) is 6.54 Å². The van der Waals surface area contributed by atoms with Crippen LogP contribution in [0.3, 0.4) is 0 Å². The molecule has 102 valence electrons. The molecule has 19 heavy (non-hydrogen) atoms. The van der Waals surface area contributed by atoms with Crippen LogP contribution < -0.4 is 10.1 Å². The van der Waals surface area contributed by atoms with Gasteiger partial charge in [-0.2, -0.15) is 0 Å². The topological polar surface area (TPSA) is 37.6 Å². The van der Waals surface area contributed by atoms with E-state index in [2.05, 4.69) is 36.4 Å². The fraction of sp³-hybridized carbons (Fsp3) is 0.333. The monoisotopic (exact) mass is 260 g/mol. The van der Waals surface area contributed by atoms with Crippen LogP contribution in [0.2, 0.25) is 0 Å². The third kappa shape index (κ3) is 3.76. The van der Waals surface area contributed by atoms with E-state index in [1.807, 2.05) is 18.2 Å². The molecule has 0 bridgehead atoms. The van der Waals surface area contributed by atoms with E-state index in [9.17, 15) is 0 Å². The summed E-state index contributed by atoms with van der Waals surface area (Å²) >= 11 is 0. The molecule has 0 fully saturated rings. The van der Waals surface area contributed by atoms with Crippen molar-refractivity contribution in [3.8, 4) is 5.75 Å². The highest BCUT2D eigenvalue weighted by atomic mass is 16.5. The first-order chi connectivity index (χ1) is 9.19. The number of furan rings is 1. The number of nitrogens with zero attached hydrogens (tertiary/aromatic N) is 1. The fourth-order valence-electron chi connectivity index (χ4n) is 1.95. The van der Waals surface area contributed by atoms with Crippen molar-refractivity contribution in [3.05, 3.63) is 47.9 Å². The number of anilines is 1. The normalized spacial score (nSPS) is 10.7. The van der Waals surface area contributed by atoms with Crippen molar-refractivity contribution in [3.63, 3.8) is 0 Å². The second-order valence-electron chi connectivity index (χ2n) is 4.71. The van der Waals surface area contributed by atoms with Crippen LogP contribution in [0, 0.1) is 0 Å². The van der Waals surface area contributed by atoms with Gasteiger partial charge in [-0.1, -0.05) is 6.07 Å². The Morgan fingerprint density at radius 1 is 1.26 bits per heavy atom. The lowest BCUT2D eigenvalue weighted by molar-refractivity contribution is 0.400. The first-order valence-corrected chi connectivity index (χ1v) is 6.27. The summed E-state index contributed by atoms with van der Waals surface area (Å²) < 4.78 is 10.7. The third-order valence-electron chi connectivity index (χ3n) is 2.80. The van der Waals surface area contributed by atoms with Crippen molar-refractivity contribution < 1.29 is 9.15 Å². The molecular weight excluding hydrogens is 240 g/mol. The minimum absolute atomic E-state index is 0.648. The van der Waals surface area contributed by atoms with Crippen molar-refractivity contribution in [1.29, 1.82) is 0 Å². The van der Waals surface area contributed by atoms with Gasteiger partial charge in [0.25, 0.3) is 0 Å². The van der Waals surface area contributed by atoms with Gasteiger partial charge < -0.3 is 19.4 Å². The molecule has 0 aliphatic rings. The van der Waals surface area contributed by atoms with Crippen molar-refractivity contribution in [2.24, 2.45) is 0 Å². The van der Waals surface area contributed by atoms with Gasteiger partial charge in [-0.05, 0) is 43.9 Å². The summed E-state index contributed by atoms with van der Waals surface area (Å²) in [6.07, 6.45) is 1.68. The molecule has 2 aromatic rings. The van der Waals surface area contributed by atoms with Gasteiger partial charge in [0.1, 0.15) is 11.5 Å².